The molecule has 0 aliphatic heterocycles. The molecule has 0 aliphatic carbocycles. The molecule has 2 aromatic heterocycles. The first kappa shape index (κ1) is 11.1. The van der Waals surface area contributed by atoms with Crippen LogP contribution in [0, 0.1) is 6.92 Å². The minimum Gasteiger partial charge on any atom is -0.364 e. The van der Waals surface area contributed by atoms with Gasteiger partial charge in [-0.05, 0) is 6.92 Å². The van der Waals surface area contributed by atoms with Crippen LogP contribution >= 0.6 is 0 Å². The van der Waals surface area contributed by atoms with E-state index in [2.05, 4.69) is 20.3 Å². The lowest BCUT2D eigenvalue weighted by Crippen LogP contribution is -2.28. The van der Waals surface area contributed by atoms with Crippen molar-refractivity contribution in [3.63, 3.8) is 0 Å². The van der Waals surface area contributed by atoms with Gasteiger partial charge in [-0.25, -0.2) is 4.98 Å². The number of hydrogen-bond acceptors (Lipinski definition) is 3. The number of aromatic amines is 2. The molecule has 0 aliphatic rings. The van der Waals surface area contributed by atoms with Gasteiger partial charge in [0.25, 0.3) is 5.91 Å². The van der Waals surface area contributed by atoms with Crippen LogP contribution in [0.4, 0.5) is 0 Å². The number of imidazole rings is 1. The van der Waals surface area contributed by atoms with Crippen LogP contribution in [0.15, 0.2) is 29.6 Å². The van der Waals surface area contributed by atoms with E-state index in [9.17, 15) is 9.59 Å². The highest BCUT2D eigenvalue weighted by molar-refractivity contribution is 5.93. The van der Waals surface area contributed by atoms with Gasteiger partial charge in [-0.15, -0.1) is 0 Å². The number of hydrogen-bond donors (Lipinski definition) is 3. The lowest BCUT2D eigenvalue weighted by Gasteiger charge is -2.03. The third kappa shape index (κ3) is 2.60. The third-order valence-electron chi connectivity index (χ3n) is 2.30. The molecular formula is C11H12N4O2. The summed E-state index contributed by atoms with van der Waals surface area (Å²) in [4.78, 5) is 32.8. The first-order chi connectivity index (χ1) is 8.16. The predicted octanol–water partition coefficient (Wildman–Crippen LogP) is 0.336. The Balaban J connectivity index is 2.07. The highest BCUT2D eigenvalue weighted by Crippen LogP contribution is 1.94. The maximum absolute atomic E-state index is 11.7. The SMILES string of the molecule is Cc1cc(=O)c(C(=O)NCc2cnc[nH]2)c[nH]1. The van der Waals surface area contributed by atoms with Crippen molar-refractivity contribution >= 4 is 5.91 Å². The first-order valence-electron chi connectivity index (χ1n) is 5.11. The molecule has 2 aromatic rings. The van der Waals surface area contributed by atoms with E-state index >= 15 is 0 Å². The van der Waals surface area contributed by atoms with Gasteiger partial charge in [0.15, 0.2) is 5.43 Å². The molecule has 17 heavy (non-hydrogen) atoms. The second-order valence-electron chi connectivity index (χ2n) is 3.65. The molecule has 6 heteroatoms. The maximum Gasteiger partial charge on any atom is 0.257 e. The highest BCUT2D eigenvalue weighted by Gasteiger charge is 2.09. The molecule has 6 nitrogen and oxygen atoms in total. The Morgan fingerprint density at radius 1 is 1.47 bits per heavy atom. The van der Waals surface area contributed by atoms with Crippen LogP contribution in [-0.4, -0.2) is 20.9 Å². The highest BCUT2D eigenvalue weighted by atomic mass is 16.2. The average Bonchev–Trinajstić information content (AvgIpc) is 2.78. The molecular weight excluding hydrogens is 220 g/mol. The van der Waals surface area contributed by atoms with Gasteiger partial charge < -0.3 is 15.3 Å². The van der Waals surface area contributed by atoms with E-state index < -0.39 is 5.91 Å². The molecule has 2 rings (SSSR count). The van der Waals surface area contributed by atoms with E-state index in [1.165, 1.54) is 18.6 Å². The fourth-order valence-corrected chi connectivity index (χ4v) is 1.40. The molecule has 0 unspecified atom stereocenters. The molecule has 0 aromatic carbocycles. The zero-order chi connectivity index (χ0) is 12.3. The van der Waals surface area contributed by atoms with E-state index in [1.54, 1.807) is 13.1 Å². The topological polar surface area (TPSA) is 90.6 Å². The monoisotopic (exact) mass is 232 g/mol. The second kappa shape index (κ2) is 4.65. The van der Waals surface area contributed by atoms with E-state index in [1.807, 2.05) is 0 Å². The van der Waals surface area contributed by atoms with E-state index in [0.29, 0.717) is 6.54 Å². The van der Waals surface area contributed by atoms with Gasteiger partial charge in [0, 0.05) is 24.2 Å². The number of pyridine rings is 1. The van der Waals surface area contributed by atoms with Crippen LogP contribution < -0.4 is 10.7 Å². The van der Waals surface area contributed by atoms with Crippen molar-refractivity contribution in [3.8, 4) is 0 Å². The smallest absolute Gasteiger partial charge is 0.257 e. The normalized spacial score (nSPS) is 10.2. The maximum atomic E-state index is 11.7. The fourth-order valence-electron chi connectivity index (χ4n) is 1.40. The molecule has 0 atom stereocenters. The Kier molecular flexibility index (Phi) is 3.04. The molecule has 0 fully saturated rings. The molecule has 0 bridgehead atoms. The van der Waals surface area contributed by atoms with E-state index in [-0.39, 0.29) is 11.0 Å². The van der Waals surface area contributed by atoms with Crippen molar-refractivity contribution in [3.05, 3.63) is 52.0 Å². The van der Waals surface area contributed by atoms with Gasteiger partial charge in [-0.3, -0.25) is 9.59 Å². The van der Waals surface area contributed by atoms with Crippen molar-refractivity contribution in [1.82, 2.24) is 20.3 Å². The van der Waals surface area contributed by atoms with Gasteiger partial charge in [0.2, 0.25) is 0 Å². The van der Waals surface area contributed by atoms with Crippen molar-refractivity contribution in [2.75, 3.05) is 0 Å². The van der Waals surface area contributed by atoms with Crippen molar-refractivity contribution in [2.45, 2.75) is 13.5 Å². The Labute approximate surface area is 97.1 Å². The number of amides is 1. The molecule has 0 saturated heterocycles. The lowest BCUT2D eigenvalue weighted by molar-refractivity contribution is 0.0949. The Bertz CT molecular complexity index is 571. The molecule has 0 radical (unpaired) electrons. The molecule has 0 saturated carbocycles. The van der Waals surface area contributed by atoms with Gasteiger partial charge in [-0.1, -0.05) is 0 Å². The summed E-state index contributed by atoms with van der Waals surface area (Å²) < 4.78 is 0. The standard InChI is InChI=1S/C11H12N4O2/c1-7-2-10(16)9(5-13-7)11(17)14-4-8-3-12-6-15-8/h2-3,5-6H,4H2,1H3,(H,12,15)(H,13,16)(H,14,17). The summed E-state index contributed by atoms with van der Waals surface area (Å²) >= 11 is 0. The van der Waals surface area contributed by atoms with Gasteiger partial charge in [0.05, 0.1) is 18.6 Å². The fraction of sp³-hybridized carbons (Fsp3) is 0.182. The van der Waals surface area contributed by atoms with Gasteiger partial charge in [0.1, 0.15) is 5.56 Å². The largest absolute Gasteiger partial charge is 0.364 e. The van der Waals surface area contributed by atoms with Crippen LogP contribution in [0.3, 0.4) is 0 Å². The van der Waals surface area contributed by atoms with Gasteiger partial charge in [-0.2, -0.15) is 0 Å². The number of nitrogens with one attached hydrogen (secondary N) is 3. The van der Waals surface area contributed by atoms with Crippen molar-refractivity contribution in [2.24, 2.45) is 0 Å². The summed E-state index contributed by atoms with van der Waals surface area (Å²) in [5.41, 5.74) is 1.32. The number of aromatic nitrogens is 3. The number of H-pyrrole nitrogens is 2. The Morgan fingerprint density at radius 3 is 2.94 bits per heavy atom. The Hall–Kier alpha value is -2.37. The molecule has 2 heterocycles. The summed E-state index contributed by atoms with van der Waals surface area (Å²) in [5.74, 6) is -0.402. The summed E-state index contributed by atoms with van der Waals surface area (Å²) in [6, 6.07) is 1.39. The van der Waals surface area contributed by atoms with E-state index in [0.717, 1.165) is 11.4 Å². The predicted molar refractivity (Wildman–Crippen MR) is 61.6 cm³/mol. The summed E-state index contributed by atoms with van der Waals surface area (Å²) in [6.45, 7) is 2.07. The molecule has 88 valence electrons. The zero-order valence-electron chi connectivity index (χ0n) is 9.28. The zero-order valence-corrected chi connectivity index (χ0v) is 9.28. The number of aryl methyl sites for hydroxylation is 1. The molecule has 1 amide bonds. The van der Waals surface area contributed by atoms with Crippen LogP contribution in [0.25, 0.3) is 0 Å². The molecule has 3 N–H and O–H groups in total. The van der Waals surface area contributed by atoms with Gasteiger partial charge >= 0.3 is 0 Å². The quantitative estimate of drug-likeness (QED) is 0.712. The lowest BCUT2D eigenvalue weighted by atomic mass is 10.2. The minimum absolute atomic E-state index is 0.107. The van der Waals surface area contributed by atoms with Crippen molar-refractivity contribution in [1.29, 1.82) is 0 Å². The van der Waals surface area contributed by atoms with E-state index in [4.69, 9.17) is 0 Å². The van der Waals surface area contributed by atoms with Crippen molar-refractivity contribution < 1.29 is 4.79 Å². The number of nitrogens with zero attached hydrogens (tertiary/aromatic N) is 1. The number of carbonyl (C=O) groups excluding carboxylic acids is 1. The van der Waals surface area contributed by atoms with Crippen LogP contribution in [0.2, 0.25) is 0 Å². The van der Waals surface area contributed by atoms with Crippen LogP contribution in [0.5, 0.6) is 0 Å². The van der Waals surface area contributed by atoms with Crippen LogP contribution in [-0.2, 0) is 6.54 Å². The summed E-state index contributed by atoms with van der Waals surface area (Å²) in [7, 11) is 0. The minimum atomic E-state index is -0.402. The Morgan fingerprint density at radius 2 is 2.29 bits per heavy atom. The summed E-state index contributed by atoms with van der Waals surface area (Å²) in [5, 5.41) is 2.63. The summed E-state index contributed by atoms with van der Waals surface area (Å²) in [6.07, 6.45) is 4.56. The molecule has 0 spiro atoms. The number of rotatable bonds is 3. The first-order valence-corrected chi connectivity index (χ1v) is 5.11. The number of carbonyl (C=O) groups is 1. The van der Waals surface area contributed by atoms with Crippen LogP contribution in [0.1, 0.15) is 21.7 Å². The average molecular weight is 232 g/mol. The second-order valence-corrected chi connectivity index (χ2v) is 3.65. The third-order valence-corrected chi connectivity index (χ3v) is 2.30.